The summed E-state index contributed by atoms with van der Waals surface area (Å²) in [7, 11) is 0. The summed E-state index contributed by atoms with van der Waals surface area (Å²) in [5.74, 6) is 0.0249. The Bertz CT molecular complexity index is 978. The van der Waals surface area contributed by atoms with Crippen LogP contribution in [0.15, 0.2) is 60.7 Å². The van der Waals surface area contributed by atoms with Crippen molar-refractivity contribution in [3.8, 4) is 5.75 Å². The predicted octanol–water partition coefficient (Wildman–Crippen LogP) is 4.25. The van der Waals surface area contributed by atoms with E-state index in [0.717, 1.165) is 16.3 Å². The Morgan fingerprint density at radius 3 is 2.71 bits per heavy atom. The Labute approximate surface area is 143 Å². The number of Topliss-reactive ketones (excluding diaryl/α,β-unsaturated/α-hetero) is 2. The lowest BCUT2D eigenvalue weighted by molar-refractivity contribution is -0.124. The molecule has 0 aliphatic carbocycles. The number of carbonyl (C=O) groups is 2. The van der Waals surface area contributed by atoms with Gasteiger partial charge in [-0.25, -0.2) is 0 Å². The van der Waals surface area contributed by atoms with Gasteiger partial charge in [-0.05, 0) is 17.5 Å². The number of ketones is 2. The zero-order chi connectivity index (χ0) is 16.7. The average Bonchev–Trinajstić information content (AvgIpc) is 2.60. The first-order valence-corrected chi connectivity index (χ1v) is 8.01. The van der Waals surface area contributed by atoms with Crippen molar-refractivity contribution in [1.29, 1.82) is 0 Å². The molecule has 0 aromatic heterocycles. The van der Waals surface area contributed by atoms with Crippen molar-refractivity contribution in [2.45, 2.75) is 12.5 Å². The van der Waals surface area contributed by atoms with Gasteiger partial charge in [-0.2, -0.15) is 0 Å². The highest BCUT2D eigenvalue weighted by Crippen LogP contribution is 2.35. The van der Waals surface area contributed by atoms with Gasteiger partial charge in [0, 0.05) is 28.0 Å². The minimum Gasteiger partial charge on any atom is -0.473 e. The summed E-state index contributed by atoms with van der Waals surface area (Å²) in [6, 6.07) is 18.2. The largest absolute Gasteiger partial charge is 0.473 e. The quantitative estimate of drug-likeness (QED) is 0.519. The van der Waals surface area contributed by atoms with E-state index in [1.54, 1.807) is 24.3 Å². The molecule has 1 atom stereocenters. The second-order valence-electron chi connectivity index (χ2n) is 5.79. The summed E-state index contributed by atoms with van der Waals surface area (Å²) in [6.45, 7) is 0. The minimum absolute atomic E-state index is 0.192. The van der Waals surface area contributed by atoms with Crippen molar-refractivity contribution in [3.05, 3.63) is 76.8 Å². The Balaban J connectivity index is 1.77. The summed E-state index contributed by atoms with van der Waals surface area (Å²) in [5.41, 5.74) is 1.19. The Hall–Kier alpha value is -2.65. The van der Waals surface area contributed by atoms with E-state index in [-0.39, 0.29) is 18.0 Å². The van der Waals surface area contributed by atoms with Gasteiger partial charge in [0.05, 0.1) is 0 Å². The molecule has 118 valence electrons. The molecule has 1 unspecified atom stereocenters. The summed E-state index contributed by atoms with van der Waals surface area (Å²) in [4.78, 5) is 25.1. The molecule has 3 aromatic rings. The fraction of sp³-hybridized carbons (Fsp3) is 0.100. The zero-order valence-corrected chi connectivity index (χ0v) is 13.4. The van der Waals surface area contributed by atoms with E-state index in [9.17, 15) is 9.59 Å². The van der Waals surface area contributed by atoms with Crippen LogP contribution in [0.25, 0.3) is 10.8 Å². The van der Waals surface area contributed by atoms with Crippen molar-refractivity contribution in [1.82, 2.24) is 0 Å². The maximum atomic E-state index is 12.7. The van der Waals surface area contributed by atoms with E-state index in [2.05, 4.69) is 0 Å². The molecule has 3 nitrogen and oxygen atoms in total. The molecule has 1 heterocycles. The maximum Gasteiger partial charge on any atom is 0.219 e. The zero-order valence-electron chi connectivity index (χ0n) is 12.7. The lowest BCUT2D eigenvalue weighted by Gasteiger charge is -2.25. The van der Waals surface area contributed by atoms with Crippen LogP contribution in [0.4, 0.5) is 0 Å². The Morgan fingerprint density at radius 1 is 1.04 bits per heavy atom. The number of carbonyl (C=O) groups excluding carboxylic acids is 2. The van der Waals surface area contributed by atoms with Gasteiger partial charge >= 0.3 is 0 Å². The van der Waals surface area contributed by atoms with Crippen LogP contribution in [0.5, 0.6) is 5.75 Å². The number of hydrogen-bond acceptors (Lipinski definition) is 3. The number of rotatable bonds is 2. The fourth-order valence-corrected chi connectivity index (χ4v) is 3.21. The van der Waals surface area contributed by atoms with Gasteiger partial charge in [0.25, 0.3) is 0 Å². The molecule has 3 aromatic carbocycles. The van der Waals surface area contributed by atoms with Crippen LogP contribution < -0.4 is 4.74 Å². The average molecular weight is 337 g/mol. The SMILES string of the molecule is O=C1Cc2ccc3ccccc3c2OC1C(=O)c1cccc(Cl)c1. The molecule has 0 N–H and O–H groups in total. The van der Waals surface area contributed by atoms with Crippen LogP contribution in [0.2, 0.25) is 5.02 Å². The van der Waals surface area contributed by atoms with Crippen LogP contribution >= 0.6 is 11.6 Å². The van der Waals surface area contributed by atoms with Gasteiger partial charge in [-0.15, -0.1) is 0 Å². The van der Waals surface area contributed by atoms with Crippen molar-refractivity contribution in [2.75, 3.05) is 0 Å². The summed E-state index contributed by atoms with van der Waals surface area (Å²) in [6.07, 6.45) is -0.932. The normalized spacial score (nSPS) is 16.5. The van der Waals surface area contributed by atoms with Crippen molar-refractivity contribution in [2.24, 2.45) is 0 Å². The number of benzene rings is 3. The molecule has 0 bridgehead atoms. The Morgan fingerprint density at radius 2 is 1.88 bits per heavy atom. The van der Waals surface area contributed by atoms with E-state index in [0.29, 0.717) is 16.3 Å². The first-order valence-electron chi connectivity index (χ1n) is 7.63. The Kier molecular flexibility index (Phi) is 3.58. The van der Waals surface area contributed by atoms with Crippen LogP contribution in [0, 0.1) is 0 Å². The topological polar surface area (TPSA) is 43.4 Å². The number of hydrogen-bond donors (Lipinski definition) is 0. The monoisotopic (exact) mass is 336 g/mol. The third-order valence-corrected chi connectivity index (χ3v) is 4.44. The first-order chi connectivity index (χ1) is 11.6. The third-order valence-electron chi connectivity index (χ3n) is 4.20. The van der Waals surface area contributed by atoms with Crippen molar-refractivity contribution >= 4 is 33.9 Å². The van der Waals surface area contributed by atoms with Gasteiger partial charge in [0.2, 0.25) is 11.9 Å². The molecule has 24 heavy (non-hydrogen) atoms. The van der Waals surface area contributed by atoms with Gasteiger partial charge in [0.15, 0.2) is 5.78 Å². The smallest absolute Gasteiger partial charge is 0.219 e. The molecular formula is C20H13ClO3. The number of fused-ring (bicyclic) bond motifs is 3. The van der Waals surface area contributed by atoms with Gasteiger partial charge < -0.3 is 4.74 Å². The predicted molar refractivity (Wildman–Crippen MR) is 92.9 cm³/mol. The minimum atomic E-state index is -1.12. The molecule has 0 fully saturated rings. The number of ether oxygens (including phenoxy) is 1. The molecule has 1 aliphatic rings. The summed E-state index contributed by atoms with van der Waals surface area (Å²) < 4.78 is 5.87. The molecule has 4 rings (SSSR count). The fourth-order valence-electron chi connectivity index (χ4n) is 3.02. The molecule has 0 radical (unpaired) electrons. The second-order valence-corrected chi connectivity index (χ2v) is 6.23. The highest BCUT2D eigenvalue weighted by molar-refractivity contribution is 6.31. The third kappa shape index (κ3) is 2.47. The lowest BCUT2D eigenvalue weighted by Crippen LogP contribution is -2.40. The standard InChI is InChI=1S/C20H13ClO3/c21-15-6-3-5-13(10-15)18(23)20-17(22)11-14-9-8-12-4-1-2-7-16(12)19(14)24-20/h1-10,20H,11H2. The van der Waals surface area contributed by atoms with E-state index < -0.39 is 6.10 Å². The highest BCUT2D eigenvalue weighted by Gasteiger charge is 2.35. The number of halogens is 1. The second kappa shape index (κ2) is 5.77. The van der Waals surface area contributed by atoms with E-state index >= 15 is 0 Å². The van der Waals surface area contributed by atoms with E-state index in [1.807, 2.05) is 36.4 Å². The van der Waals surface area contributed by atoms with Gasteiger partial charge in [-0.1, -0.05) is 60.1 Å². The van der Waals surface area contributed by atoms with Crippen LogP contribution in [0.3, 0.4) is 0 Å². The molecule has 4 heteroatoms. The molecule has 1 aliphatic heterocycles. The van der Waals surface area contributed by atoms with E-state index in [1.165, 1.54) is 0 Å². The van der Waals surface area contributed by atoms with Crippen molar-refractivity contribution in [3.63, 3.8) is 0 Å². The van der Waals surface area contributed by atoms with Gasteiger partial charge in [-0.3, -0.25) is 9.59 Å². The van der Waals surface area contributed by atoms with Crippen molar-refractivity contribution < 1.29 is 14.3 Å². The highest BCUT2D eigenvalue weighted by atomic mass is 35.5. The first kappa shape index (κ1) is 14.9. The van der Waals surface area contributed by atoms with E-state index in [4.69, 9.17) is 16.3 Å². The summed E-state index contributed by atoms with van der Waals surface area (Å²) in [5, 5.41) is 2.38. The van der Waals surface area contributed by atoms with Crippen LogP contribution in [-0.4, -0.2) is 17.7 Å². The lowest BCUT2D eigenvalue weighted by atomic mass is 9.93. The van der Waals surface area contributed by atoms with Crippen LogP contribution in [-0.2, 0) is 11.2 Å². The molecule has 0 amide bonds. The maximum absolute atomic E-state index is 12.7. The van der Waals surface area contributed by atoms with Crippen LogP contribution in [0.1, 0.15) is 15.9 Å². The summed E-state index contributed by atoms with van der Waals surface area (Å²) >= 11 is 5.95. The molecule has 0 spiro atoms. The molecular weight excluding hydrogens is 324 g/mol. The van der Waals surface area contributed by atoms with Gasteiger partial charge in [0.1, 0.15) is 5.75 Å². The molecule has 0 saturated heterocycles. The molecule has 0 saturated carbocycles.